The van der Waals surface area contributed by atoms with Crippen molar-refractivity contribution in [2.45, 2.75) is 40.2 Å². The van der Waals surface area contributed by atoms with Gasteiger partial charge in [0.15, 0.2) is 0 Å². The van der Waals surface area contributed by atoms with Crippen molar-refractivity contribution in [3.05, 3.63) is 70.1 Å². The average molecular weight is 476 g/mol. The highest BCUT2D eigenvalue weighted by atomic mass is 32.2. The lowest BCUT2D eigenvalue weighted by molar-refractivity contribution is -0.127. The van der Waals surface area contributed by atoms with Crippen LogP contribution in [0.5, 0.6) is 0 Å². The highest BCUT2D eigenvalue weighted by molar-refractivity contribution is 8.18. The SMILES string of the molecule is CCN1c2ccc(/C=C3/SC(=O)N(CC(=O)Nc4ccc(C)cc4)C3=O)cc2C(C)=CC1(C)C. The third kappa shape index (κ3) is 4.66. The van der Waals surface area contributed by atoms with Gasteiger partial charge >= 0.3 is 0 Å². The van der Waals surface area contributed by atoms with Gasteiger partial charge in [-0.2, -0.15) is 0 Å². The summed E-state index contributed by atoms with van der Waals surface area (Å²) in [6.07, 6.45) is 3.98. The van der Waals surface area contributed by atoms with Crippen molar-refractivity contribution in [2.75, 3.05) is 23.3 Å². The van der Waals surface area contributed by atoms with E-state index >= 15 is 0 Å². The van der Waals surface area contributed by atoms with Crippen molar-refractivity contribution in [3.63, 3.8) is 0 Å². The van der Waals surface area contributed by atoms with Crippen LogP contribution in [-0.4, -0.2) is 40.6 Å². The van der Waals surface area contributed by atoms with Crippen molar-refractivity contribution >= 4 is 51.8 Å². The maximum Gasteiger partial charge on any atom is 0.294 e. The molecule has 2 aliphatic heterocycles. The third-order valence-corrected chi connectivity index (χ3v) is 7.03. The standard InChI is InChI=1S/C27H29N3O3S/c1-6-30-22-12-9-19(13-21(22)18(3)15-27(30,4)5)14-23-25(32)29(26(33)34-23)16-24(31)28-20-10-7-17(2)8-11-20/h7-15H,6,16H2,1-5H3,(H,28,31)/b23-14+. The molecular formula is C27H29N3O3S. The molecule has 0 atom stereocenters. The second-order valence-electron chi connectivity index (χ2n) is 9.18. The van der Waals surface area contributed by atoms with Crippen molar-refractivity contribution in [3.8, 4) is 0 Å². The van der Waals surface area contributed by atoms with E-state index in [9.17, 15) is 14.4 Å². The highest BCUT2D eigenvalue weighted by Gasteiger charge is 2.36. The summed E-state index contributed by atoms with van der Waals surface area (Å²) in [4.78, 5) is 41.5. The van der Waals surface area contributed by atoms with Crippen LogP contribution in [0.1, 0.15) is 44.4 Å². The lowest BCUT2D eigenvalue weighted by Gasteiger charge is -2.42. The fourth-order valence-corrected chi connectivity index (χ4v) is 5.38. The number of hydrogen-bond acceptors (Lipinski definition) is 5. The number of fused-ring (bicyclic) bond motifs is 1. The molecule has 1 N–H and O–H groups in total. The Labute approximate surface area is 204 Å². The molecule has 7 heteroatoms. The Morgan fingerprint density at radius 3 is 2.47 bits per heavy atom. The Balaban J connectivity index is 1.52. The summed E-state index contributed by atoms with van der Waals surface area (Å²) < 4.78 is 0. The van der Waals surface area contributed by atoms with Crippen LogP contribution in [0.25, 0.3) is 11.6 Å². The number of benzene rings is 2. The maximum atomic E-state index is 12.9. The van der Waals surface area contributed by atoms with Crippen LogP contribution >= 0.6 is 11.8 Å². The summed E-state index contributed by atoms with van der Waals surface area (Å²) >= 11 is 0.863. The maximum absolute atomic E-state index is 12.9. The Morgan fingerprint density at radius 1 is 1.09 bits per heavy atom. The number of amides is 3. The van der Waals surface area contributed by atoms with Gasteiger partial charge in [-0.15, -0.1) is 0 Å². The topological polar surface area (TPSA) is 69.7 Å². The molecule has 0 saturated carbocycles. The normalized spacial score (nSPS) is 18.3. The molecule has 0 unspecified atom stereocenters. The van der Waals surface area contributed by atoms with Gasteiger partial charge in [-0.3, -0.25) is 19.3 Å². The number of imide groups is 1. The fraction of sp³-hybridized carbons (Fsp3) is 0.296. The second-order valence-corrected chi connectivity index (χ2v) is 10.2. The van der Waals surface area contributed by atoms with Crippen LogP contribution in [0.4, 0.5) is 16.2 Å². The van der Waals surface area contributed by atoms with Gasteiger partial charge in [0.1, 0.15) is 6.54 Å². The van der Waals surface area contributed by atoms with E-state index in [-0.39, 0.29) is 12.1 Å². The summed E-state index contributed by atoms with van der Waals surface area (Å²) in [6, 6.07) is 13.4. The largest absolute Gasteiger partial charge is 0.363 e. The van der Waals surface area contributed by atoms with E-state index in [1.165, 1.54) is 5.57 Å². The summed E-state index contributed by atoms with van der Waals surface area (Å²) in [7, 11) is 0. The second kappa shape index (κ2) is 9.14. The van der Waals surface area contributed by atoms with E-state index in [0.29, 0.717) is 10.6 Å². The summed E-state index contributed by atoms with van der Waals surface area (Å²) in [6.45, 7) is 11.1. The Morgan fingerprint density at radius 2 is 1.79 bits per heavy atom. The molecule has 0 radical (unpaired) electrons. The van der Waals surface area contributed by atoms with E-state index in [1.807, 2.05) is 25.1 Å². The molecule has 34 heavy (non-hydrogen) atoms. The molecule has 6 nitrogen and oxygen atoms in total. The number of carbonyl (C=O) groups is 3. The zero-order chi connectivity index (χ0) is 24.6. The minimum atomic E-state index is -0.449. The molecule has 0 bridgehead atoms. The Kier molecular flexibility index (Phi) is 6.41. The fourth-order valence-electron chi connectivity index (χ4n) is 4.54. The zero-order valence-corrected chi connectivity index (χ0v) is 21.0. The molecule has 1 saturated heterocycles. The lowest BCUT2D eigenvalue weighted by Crippen LogP contribution is -2.44. The summed E-state index contributed by atoms with van der Waals surface area (Å²) in [5.74, 6) is -0.862. The van der Waals surface area contributed by atoms with E-state index in [1.54, 1.807) is 18.2 Å². The third-order valence-electron chi connectivity index (χ3n) is 6.13. The Bertz CT molecular complexity index is 1230. The number of nitrogens with zero attached hydrogens (tertiary/aromatic N) is 2. The van der Waals surface area contributed by atoms with E-state index in [4.69, 9.17) is 0 Å². The number of thioether (sulfide) groups is 1. The van der Waals surface area contributed by atoms with E-state index < -0.39 is 17.1 Å². The quantitative estimate of drug-likeness (QED) is 0.563. The van der Waals surface area contributed by atoms with Gasteiger partial charge in [0.25, 0.3) is 11.1 Å². The molecule has 0 aromatic heterocycles. The minimum absolute atomic E-state index is 0.0742. The number of likely N-dealkylation sites (N-methyl/N-ethyl adjacent to an activating group) is 1. The van der Waals surface area contributed by atoms with Crippen LogP contribution < -0.4 is 10.2 Å². The van der Waals surface area contributed by atoms with E-state index in [2.05, 4.69) is 56.1 Å². The molecule has 2 aromatic carbocycles. The first-order valence-corrected chi connectivity index (χ1v) is 12.1. The predicted molar refractivity (Wildman–Crippen MR) is 140 cm³/mol. The number of aryl methyl sites for hydroxylation is 1. The monoisotopic (exact) mass is 475 g/mol. The smallest absolute Gasteiger partial charge is 0.294 e. The van der Waals surface area contributed by atoms with Crippen molar-refractivity contribution in [1.29, 1.82) is 0 Å². The number of carbonyl (C=O) groups excluding carboxylic acids is 3. The molecule has 0 aliphatic carbocycles. The summed E-state index contributed by atoms with van der Waals surface area (Å²) in [5.41, 5.74) is 5.93. The van der Waals surface area contributed by atoms with Crippen LogP contribution in [0.3, 0.4) is 0 Å². The van der Waals surface area contributed by atoms with Gasteiger partial charge in [-0.25, -0.2) is 0 Å². The lowest BCUT2D eigenvalue weighted by atomic mass is 9.88. The highest BCUT2D eigenvalue weighted by Crippen LogP contribution is 2.40. The first-order valence-electron chi connectivity index (χ1n) is 11.3. The molecule has 0 spiro atoms. The van der Waals surface area contributed by atoms with Crippen molar-refractivity contribution in [2.24, 2.45) is 0 Å². The number of anilines is 2. The average Bonchev–Trinajstić information content (AvgIpc) is 3.02. The van der Waals surface area contributed by atoms with Crippen LogP contribution in [0, 0.1) is 6.92 Å². The van der Waals surface area contributed by atoms with Crippen LogP contribution in [0.15, 0.2) is 53.4 Å². The molecular weight excluding hydrogens is 446 g/mol. The van der Waals surface area contributed by atoms with Gasteiger partial charge in [0, 0.05) is 23.5 Å². The van der Waals surface area contributed by atoms with E-state index in [0.717, 1.165) is 45.6 Å². The van der Waals surface area contributed by atoms with Gasteiger partial charge in [-0.1, -0.05) is 29.8 Å². The number of nitrogens with one attached hydrogen (secondary N) is 1. The molecule has 2 aliphatic rings. The molecule has 1 fully saturated rings. The zero-order valence-electron chi connectivity index (χ0n) is 20.1. The van der Waals surface area contributed by atoms with Crippen LogP contribution in [-0.2, 0) is 9.59 Å². The first-order chi connectivity index (χ1) is 16.1. The van der Waals surface area contributed by atoms with Gasteiger partial charge in [0.2, 0.25) is 5.91 Å². The number of rotatable bonds is 5. The molecule has 4 rings (SSSR count). The predicted octanol–water partition coefficient (Wildman–Crippen LogP) is 5.69. The van der Waals surface area contributed by atoms with Gasteiger partial charge in [0.05, 0.1) is 10.4 Å². The molecule has 2 heterocycles. The Hall–Kier alpha value is -3.32. The van der Waals surface area contributed by atoms with Crippen molar-refractivity contribution < 1.29 is 14.4 Å². The van der Waals surface area contributed by atoms with Crippen molar-refractivity contribution in [1.82, 2.24) is 4.90 Å². The van der Waals surface area contributed by atoms with Gasteiger partial charge < -0.3 is 10.2 Å². The molecule has 176 valence electrons. The number of hydrogen-bond donors (Lipinski definition) is 1. The minimum Gasteiger partial charge on any atom is -0.363 e. The van der Waals surface area contributed by atoms with Gasteiger partial charge in [-0.05, 0) is 87.9 Å². The molecule has 2 aromatic rings. The van der Waals surface area contributed by atoms with Crippen LogP contribution in [0.2, 0.25) is 0 Å². The summed E-state index contributed by atoms with van der Waals surface area (Å²) in [5, 5.41) is 2.29. The molecule has 3 amide bonds. The first kappa shape index (κ1) is 23.8. The number of allylic oxidation sites excluding steroid dienone is 1.